The molecule has 0 fully saturated rings. The summed E-state index contributed by atoms with van der Waals surface area (Å²) in [5.74, 6) is -0.956. The van der Waals surface area contributed by atoms with Crippen LogP contribution in [0.4, 0.5) is 0 Å². The van der Waals surface area contributed by atoms with Gasteiger partial charge in [-0.25, -0.2) is 8.42 Å². The highest BCUT2D eigenvalue weighted by Crippen LogP contribution is 2.23. The second-order valence-corrected chi connectivity index (χ2v) is 8.69. The standard InChI is InChI=1S/C19H26O3S.C2H4O2/c1-15(2)9-8-10-16(3)13-19(14-17(4)20)23(21,22)18-11-6-5-7-12-18;1-2(3)4/h5-7,9,11-13,19-20H,4,8,10,14H2,1-3H3;1H3,(H,3,4). The zero-order valence-corrected chi connectivity index (χ0v) is 17.3. The Bertz CT molecular complexity index is 766. The van der Waals surface area contributed by atoms with Crippen molar-refractivity contribution in [2.24, 2.45) is 0 Å². The molecule has 0 aromatic heterocycles. The SMILES string of the molecule is C=C(O)CC(C=C(C)CCC=C(C)C)S(=O)(=O)c1ccccc1.CC(=O)O. The highest BCUT2D eigenvalue weighted by atomic mass is 32.2. The van der Waals surface area contributed by atoms with Gasteiger partial charge in [0.1, 0.15) is 0 Å². The summed E-state index contributed by atoms with van der Waals surface area (Å²) in [4.78, 5) is 9.26. The first-order chi connectivity index (χ1) is 12.5. The lowest BCUT2D eigenvalue weighted by Crippen LogP contribution is -2.20. The summed E-state index contributed by atoms with van der Waals surface area (Å²) in [6.45, 7) is 10.5. The molecular formula is C21H30O5S. The molecule has 0 radical (unpaired) electrons. The highest BCUT2D eigenvalue weighted by molar-refractivity contribution is 7.92. The minimum absolute atomic E-state index is 0.0111. The van der Waals surface area contributed by atoms with Crippen LogP contribution in [0.5, 0.6) is 0 Å². The third kappa shape index (κ3) is 11.1. The van der Waals surface area contributed by atoms with Gasteiger partial charge in [-0.15, -0.1) is 0 Å². The number of carboxylic acids is 1. The molecule has 0 bridgehead atoms. The molecule has 0 heterocycles. The molecule has 0 aliphatic carbocycles. The molecule has 27 heavy (non-hydrogen) atoms. The number of rotatable bonds is 8. The molecule has 0 spiro atoms. The number of aliphatic hydroxyl groups excluding tert-OH is 1. The van der Waals surface area contributed by atoms with Crippen LogP contribution >= 0.6 is 0 Å². The number of hydrogen-bond donors (Lipinski definition) is 2. The molecule has 2 N–H and O–H groups in total. The van der Waals surface area contributed by atoms with E-state index in [1.807, 2.05) is 20.8 Å². The van der Waals surface area contributed by atoms with E-state index in [1.165, 1.54) is 5.57 Å². The second-order valence-electron chi connectivity index (χ2n) is 6.52. The lowest BCUT2D eigenvalue weighted by Gasteiger charge is -2.15. The fourth-order valence-electron chi connectivity index (χ4n) is 2.26. The fourth-order valence-corrected chi connectivity index (χ4v) is 3.97. The number of carbonyl (C=O) groups is 1. The number of hydrogen-bond acceptors (Lipinski definition) is 4. The van der Waals surface area contributed by atoms with E-state index in [-0.39, 0.29) is 17.1 Å². The fraction of sp³-hybridized carbons (Fsp3) is 0.381. The Kier molecular flexibility index (Phi) is 11.1. The maximum Gasteiger partial charge on any atom is 0.300 e. The van der Waals surface area contributed by atoms with Gasteiger partial charge in [-0.05, 0) is 45.7 Å². The van der Waals surface area contributed by atoms with Gasteiger partial charge in [-0.2, -0.15) is 0 Å². The molecule has 1 unspecified atom stereocenters. The summed E-state index contributed by atoms with van der Waals surface area (Å²) < 4.78 is 25.6. The molecule has 1 rings (SSSR count). The first-order valence-electron chi connectivity index (χ1n) is 8.62. The van der Waals surface area contributed by atoms with Gasteiger partial charge in [0.2, 0.25) is 0 Å². The van der Waals surface area contributed by atoms with E-state index < -0.39 is 21.1 Å². The average Bonchev–Trinajstić information content (AvgIpc) is 2.53. The van der Waals surface area contributed by atoms with Crippen molar-refractivity contribution in [2.75, 3.05) is 0 Å². The zero-order valence-electron chi connectivity index (χ0n) is 16.5. The van der Waals surface area contributed by atoms with E-state index in [0.717, 1.165) is 25.3 Å². The molecule has 6 heteroatoms. The van der Waals surface area contributed by atoms with Crippen LogP contribution in [0, 0.1) is 0 Å². The number of allylic oxidation sites excluding steroid dienone is 4. The van der Waals surface area contributed by atoms with E-state index in [4.69, 9.17) is 9.90 Å². The largest absolute Gasteiger partial charge is 0.513 e. The summed E-state index contributed by atoms with van der Waals surface area (Å²) in [5.41, 5.74) is 2.24. The number of sulfone groups is 1. The van der Waals surface area contributed by atoms with E-state index in [1.54, 1.807) is 36.4 Å². The molecule has 0 aliphatic rings. The number of aliphatic hydroxyl groups is 1. The van der Waals surface area contributed by atoms with Crippen LogP contribution in [0.3, 0.4) is 0 Å². The molecule has 1 aromatic rings. The predicted octanol–water partition coefficient (Wildman–Crippen LogP) is 5.07. The smallest absolute Gasteiger partial charge is 0.300 e. The Balaban J connectivity index is 0.00000153. The van der Waals surface area contributed by atoms with Crippen molar-refractivity contribution in [3.8, 4) is 0 Å². The molecular weight excluding hydrogens is 364 g/mol. The van der Waals surface area contributed by atoms with Crippen LogP contribution in [0.2, 0.25) is 0 Å². The number of benzene rings is 1. The van der Waals surface area contributed by atoms with Crippen molar-refractivity contribution in [3.05, 3.63) is 66.0 Å². The molecule has 0 aliphatic heterocycles. The van der Waals surface area contributed by atoms with Crippen molar-refractivity contribution in [3.63, 3.8) is 0 Å². The average molecular weight is 395 g/mol. The van der Waals surface area contributed by atoms with E-state index in [9.17, 15) is 13.5 Å². The Morgan fingerprint density at radius 2 is 1.63 bits per heavy atom. The summed E-state index contributed by atoms with van der Waals surface area (Å²) in [5, 5.41) is 16.1. The third-order valence-corrected chi connectivity index (χ3v) is 5.50. The van der Waals surface area contributed by atoms with E-state index >= 15 is 0 Å². The zero-order chi connectivity index (χ0) is 21.0. The maximum absolute atomic E-state index is 12.8. The highest BCUT2D eigenvalue weighted by Gasteiger charge is 2.26. The summed E-state index contributed by atoms with van der Waals surface area (Å²) in [6.07, 6.45) is 5.55. The Hall–Kier alpha value is -2.34. The third-order valence-electron chi connectivity index (χ3n) is 3.47. The molecule has 0 saturated carbocycles. The summed E-state index contributed by atoms with van der Waals surface area (Å²) >= 11 is 0. The lowest BCUT2D eigenvalue weighted by atomic mass is 10.1. The molecule has 0 saturated heterocycles. The van der Waals surface area contributed by atoms with E-state index in [2.05, 4.69) is 12.7 Å². The van der Waals surface area contributed by atoms with Gasteiger partial charge in [0.05, 0.1) is 15.9 Å². The van der Waals surface area contributed by atoms with Gasteiger partial charge in [-0.3, -0.25) is 4.79 Å². The molecule has 0 amide bonds. The monoisotopic (exact) mass is 394 g/mol. The van der Waals surface area contributed by atoms with Crippen molar-refractivity contribution >= 4 is 15.8 Å². The van der Waals surface area contributed by atoms with Crippen LogP contribution in [0.25, 0.3) is 0 Å². The van der Waals surface area contributed by atoms with Crippen LogP contribution in [0.15, 0.2) is 70.9 Å². The van der Waals surface area contributed by atoms with Crippen molar-refractivity contribution in [1.82, 2.24) is 0 Å². The first kappa shape index (κ1) is 24.7. The number of carboxylic acid groups (broad SMARTS) is 1. The maximum atomic E-state index is 12.8. The minimum atomic E-state index is -3.55. The number of aliphatic carboxylic acids is 1. The minimum Gasteiger partial charge on any atom is -0.513 e. The Morgan fingerprint density at radius 3 is 2.07 bits per heavy atom. The molecule has 5 nitrogen and oxygen atoms in total. The van der Waals surface area contributed by atoms with Crippen LogP contribution in [-0.4, -0.2) is 29.9 Å². The van der Waals surface area contributed by atoms with Crippen LogP contribution < -0.4 is 0 Å². The van der Waals surface area contributed by atoms with Gasteiger partial charge >= 0.3 is 0 Å². The van der Waals surface area contributed by atoms with Gasteiger partial charge in [-0.1, -0.05) is 48.1 Å². The normalized spacial score (nSPS) is 12.4. The van der Waals surface area contributed by atoms with Crippen LogP contribution in [0.1, 0.15) is 47.0 Å². The first-order valence-corrected chi connectivity index (χ1v) is 10.2. The predicted molar refractivity (Wildman–Crippen MR) is 110 cm³/mol. The molecule has 1 aromatic carbocycles. The molecule has 150 valence electrons. The quantitative estimate of drug-likeness (QED) is 0.474. The van der Waals surface area contributed by atoms with Gasteiger partial charge in [0, 0.05) is 13.3 Å². The van der Waals surface area contributed by atoms with Crippen molar-refractivity contribution < 1.29 is 23.4 Å². The van der Waals surface area contributed by atoms with Crippen molar-refractivity contribution in [1.29, 1.82) is 0 Å². The topological polar surface area (TPSA) is 91.7 Å². The van der Waals surface area contributed by atoms with Gasteiger partial charge in [0.15, 0.2) is 9.84 Å². The van der Waals surface area contributed by atoms with Crippen molar-refractivity contribution in [2.45, 2.75) is 57.1 Å². The summed E-state index contributed by atoms with van der Waals surface area (Å²) in [7, 11) is -3.55. The van der Waals surface area contributed by atoms with E-state index in [0.29, 0.717) is 0 Å². The second kappa shape index (κ2) is 12.1. The van der Waals surface area contributed by atoms with Gasteiger partial charge < -0.3 is 10.2 Å². The summed E-state index contributed by atoms with van der Waals surface area (Å²) in [6, 6.07) is 8.33. The van der Waals surface area contributed by atoms with Crippen LogP contribution in [-0.2, 0) is 14.6 Å². The Labute approximate surface area is 162 Å². The Morgan fingerprint density at radius 1 is 1.11 bits per heavy atom. The molecule has 1 atom stereocenters. The van der Waals surface area contributed by atoms with Gasteiger partial charge in [0.25, 0.3) is 5.97 Å². The lowest BCUT2D eigenvalue weighted by molar-refractivity contribution is -0.134.